The standard InChI is InChI=1S/C17H12ClF3N2OS2.C5H11N/c18-16-11(10-3-1-2-4-13(10)22)8-15(25-16)26-23-9-5-6-12(14(24)7-9)17(19,20)21;1-6-4-2-3-5-6/h1-8,23-24H,22H2;2-5H2,1H3. The molecule has 1 aliphatic heterocycles. The summed E-state index contributed by atoms with van der Waals surface area (Å²) < 4.78 is 42.2. The number of benzene rings is 2. The molecule has 2 heterocycles. The average Bonchev–Trinajstić information content (AvgIpc) is 3.35. The number of aromatic hydroxyl groups is 1. The minimum atomic E-state index is -4.60. The van der Waals surface area contributed by atoms with Crippen molar-refractivity contribution in [1.82, 2.24) is 4.90 Å². The predicted octanol–water partition coefficient (Wildman–Crippen LogP) is 7.21. The summed E-state index contributed by atoms with van der Waals surface area (Å²) in [5.41, 5.74) is 7.43. The van der Waals surface area contributed by atoms with Gasteiger partial charge in [0, 0.05) is 28.6 Å². The molecule has 10 heteroatoms. The number of anilines is 2. The third kappa shape index (κ3) is 6.48. The van der Waals surface area contributed by atoms with Crippen molar-refractivity contribution in [3.63, 3.8) is 0 Å². The number of alkyl halides is 3. The topological polar surface area (TPSA) is 61.5 Å². The molecule has 0 amide bonds. The molecule has 1 aromatic heterocycles. The number of nitrogens with two attached hydrogens (primary N) is 1. The summed E-state index contributed by atoms with van der Waals surface area (Å²) in [5.74, 6) is -0.829. The van der Waals surface area contributed by atoms with E-state index in [1.807, 2.05) is 24.3 Å². The van der Waals surface area contributed by atoms with Gasteiger partial charge in [0.05, 0.1) is 9.77 Å². The lowest BCUT2D eigenvalue weighted by Crippen LogP contribution is -2.10. The fourth-order valence-corrected chi connectivity index (χ4v) is 5.38. The van der Waals surface area contributed by atoms with E-state index in [9.17, 15) is 18.3 Å². The number of likely N-dealkylation sites (tertiary alicyclic amines) is 1. The van der Waals surface area contributed by atoms with Crippen LogP contribution in [0.1, 0.15) is 18.4 Å². The molecule has 3 aromatic rings. The molecule has 0 aliphatic carbocycles. The Balaban J connectivity index is 0.000000416. The first-order chi connectivity index (χ1) is 15.1. The highest BCUT2D eigenvalue weighted by atomic mass is 35.5. The Morgan fingerprint density at radius 3 is 2.34 bits per heavy atom. The third-order valence-corrected chi connectivity index (χ3v) is 7.13. The maximum Gasteiger partial charge on any atom is 0.419 e. The summed E-state index contributed by atoms with van der Waals surface area (Å²) in [6, 6.07) is 12.3. The van der Waals surface area contributed by atoms with Crippen LogP contribution in [0, 0.1) is 0 Å². The van der Waals surface area contributed by atoms with Gasteiger partial charge in [-0.2, -0.15) is 13.2 Å². The van der Waals surface area contributed by atoms with E-state index in [2.05, 4.69) is 16.7 Å². The molecule has 0 saturated carbocycles. The highest BCUT2D eigenvalue weighted by Gasteiger charge is 2.33. The maximum absolute atomic E-state index is 12.7. The first-order valence-corrected chi connectivity index (χ1v) is 11.8. The molecule has 1 fully saturated rings. The average molecular weight is 502 g/mol. The van der Waals surface area contributed by atoms with E-state index in [1.54, 1.807) is 6.07 Å². The SMILES string of the molecule is CN1CCCC1.Nc1ccccc1-c1cc(SNc2ccc(C(F)(F)F)c(O)c2)sc1Cl. The van der Waals surface area contributed by atoms with Gasteiger partial charge in [-0.3, -0.25) is 0 Å². The lowest BCUT2D eigenvalue weighted by molar-refractivity contribution is -0.138. The zero-order valence-electron chi connectivity index (χ0n) is 17.2. The van der Waals surface area contributed by atoms with Crippen LogP contribution in [-0.2, 0) is 6.18 Å². The number of rotatable bonds is 4. The first kappa shape index (κ1) is 24.6. The van der Waals surface area contributed by atoms with Gasteiger partial charge >= 0.3 is 6.18 Å². The Labute approximate surface area is 198 Å². The number of halogens is 4. The molecule has 172 valence electrons. The van der Waals surface area contributed by atoms with Gasteiger partial charge in [-0.1, -0.05) is 29.8 Å². The van der Waals surface area contributed by atoms with Crippen LogP contribution in [0.5, 0.6) is 5.75 Å². The largest absolute Gasteiger partial charge is 0.507 e. The van der Waals surface area contributed by atoms with Crippen molar-refractivity contribution in [3.8, 4) is 16.9 Å². The van der Waals surface area contributed by atoms with Crippen LogP contribution in [0.4, 0.5) is 24.5 Å². The van der Waals surface area contributed by atoms with E-state index in [1.165, 1.54) is 55.3 Å². The lowest BCUT2D eigenvalue weighted by atomic mass is 10.1. The van der Waals surface area contributed by atoms with Gasteiger partial charge in [0.25, 0.3) is 0 Å². The molecule has 2 aromatic carbocycles. The van der Waals surface area contributed by atoms with Crippen molar-refractivity contribution in [2.24, 2.45) is 0 Å². The summed E-state index contributed by atoms with van der Waals surface area (Å²) in [6.45, 7) is 2.64. The number of phenols is 1. The smallest absolute Gasteiger partial charge is 0.419 e. The maximum atomic E-state index is 12.7. The molecular weight excluding hydrogens is 479 g/mol. The molecule has 1 saturated heterocycles. The first-order valence-electron chi connectivity index (χ1n) is 9.81. The van der Waals surface area contributed by atoms with Crippen LogP contribution in [0.25, 0.3) is 11.1 Å². The van der Waals surface area contributed by atoms with Crippen molar-refractivity contribution in [3.05, 3.63) is 58.4 Å². The molecule has 0 bridgehead atoms. The zero-order chi connectivity index (χ0) is 23.3. The van der Waals surface area contributed by atoms with Crippen molar-refractivity contribution in [2.45, 2.75) is 23.2 Å². The minimum absolute atomic E-state index is 0.339. The van der Waals surface area contributed by atoms with Crippen molar-refractivity contribution in [1.29, 1.82) is 0 Å². The fourth-order valence-electron chi connectivity index (χ4n) is 3.14. The Bertz CT molecular complexity index is 1050. The van der Waals surface area contributed by atoms with E-state index in [4.69, 9.17) is 17.3 Å². The summed E-state index contributed by atoms with van der Waals surface area (Å²) in [5, 5.41) is 9.55. The Morgan fingerprint density at radius 1 is 1.09 bits per heavy atom. The minimum Gasteiger partial charge on any atom is -0.507 e. The van der Waals surface area contributed by atoms with Gasteiger partial charge in [-0.25, -0.2) is 0 Å². The van der Waals surface area contributed by atoms with Crippen LogP contribution < -0.4 is 10.5 Å². The number of para-hydroxylation sites is 1. The van der Waals surface area contributed by atoms with Gasteiger partial charge in [-0.15, -0.1) is 11.3 Å². The summed E-state index contributed by atoms with van der Waals surface area (Å²) in [6.07, 6.45) is -1.77. The summed E-state index contributed by atoms with van der Waals surface area (Å²) >= 11 is 8.78. The molecule has 0 radical (unpaired) electrons. The van der Waals surface area contributed by atoms with Crippen LogP contribution in [-0.4, -0.2) is 30.1 Å². The summed E-state index contributed by atoms with van der Waals surface area (Å²) in [7, 11) is 2.17. The number of thiophene rings is 1. The van der Waals surface area contributed by atoms with E-state index in [0.29, 0.717) is 15.7 Å². The Kier molecular flexibility index (Phi) is 8.21. The van der Waals surface area contributed by atoms with Crippen LogP contribution >= 0.6 is 34.9 Å². The number of hydrogen-bond donors (Lipinski definition) is 3. The lowest BCUT2D eigenvalue weighted by Gasteiger charge is -2.10. The molecular formula is C22H23ClF3N3OS2. The van der Waals surface area contributed by atoms with Crippen LogP contribution in [0.3, 0.4) is 0 Å². The van der Waals surface area contributed by atoms with Gasteiger partial charge in [0.15, 0.2) is 0 Å². The van der Waals surface area contributed by atoms with E-state index >= 15 is 0 Å². The van der Waals surface area contributed by atoms with E-state index in [-0.39, 0.29) is 0 Å². The number of hydrogen-bond acceptors (Lipinski definition) is 6. The van der Waals surface area contributed by atoms with Crippen LogP contribution in [0.15, 0.2) is 52.7 Å². The highest BCUT2D eigenvalue weighted by molar-refractivity contribution is 8.02. The highest BCUT2D eigenvalue weighted by Crippen LogP contribution is 2.42. The number of nitrogens with one attached hydrogen (secondary N) is 1. The molecule has 0 atom stereocenters. The predicted molar refractivity (Wildman–Crippen MR) is 128 cm³/mol. The van der Waals surface area contributed by atoms with Gasteiger partial charge in [0.2, 0.25) is 0 Å². The van der Waals surface area contributed by atoms with Crippen molar-refractivity contribution in [2.75, 3.05) is 30.6 Å². The Hall–Kier alpha value is -2.07. The van der Waals surface area contributed by atoms with Gasteiger partial charge < -0.3 is 20.5 Å². The zero-order valence-corrected chi connectivity index (χ0v) is 19.6. The van der Waals surface area contributed by atoms with Gasteiger partial charge in [0.1, 0.15) is 10.1 Å². The molecule has 32 heavy (non-hydrogen) atoms. The van der Waals surface area contributed by atoms with Crippen molar-refractivity contribution < 1.29 is 18.3 Å². The van der Waals surface area contributed by atoms with Gasteiger partial charge in [-0.05, 0) is 69.2 Å². The quantitative estimate of drug-likeness (QED) is 0.260. The summed E-state index contributed by atoms with van der Waals surface area (Å²) in [4.78, 5) is 2.36. The Morgan fingerprint density at radius 2 is 1.78 bits per heavy atom. The molecule has 4 nitrogen and oxygen atoms in total. The molecule has 4 N–H and O–H groups in total. The normalized spacial score (nSPS) is 14.2. The monoisotopic (exact) mass is 501 g/mol. The number of nitrogen functional groups attached to an aromatic ring is 1. The van der Waals surface area contributed by atoms with E-state index in [0.717, 1.165) is 27.5 Å². The molecule has 4 rings (SSSR count). The second-order valence-corrected chi connectivity index (χ2v) is 10.0. The fraction of sp³-hybridized carbons (Fsp3) is 0.273. The second-order valence-electron chi connectivity index (χ2n) is 7.28. The molecule has 1 aliphatic rings. The van der Waals surface area contributed by atoms with Crippen LogP contribution in [0.2, 0.25) is 4.34 Å². The molecule has 0 unspecified atom stereocenters. The van der Waals surface area contributed by atoms with E-state index < -0.39 is 17.5 Å². The number of phenolic OH excluding ortho intramolecular Hbond substituents is 1. The van der Waals surface area contributed by atoms with Crippen molar-refractivity contribution >= 4 is 46.3 Å². The second kappa shape index (κ2) is 10.7. The third-order valence-electron chi connectivity index (χ3n) is 4.82. The number of nitrogens with zero attached hydrogens (tertiary/aromatic N) is 1. The molecule has 0 spiro atoms.